The molecule has 0 aliphatic carbocycles. The summed E-state index contributed by atoms with van der Waals surface area (Å²) >= 11 is 0. The van der Waals surface area contributed by atoms with Crippen molar-refractivity contribution in [2.75, 3.05) is 31.7 Å². The fourth-order valence-corrected chi connectivity index (χ4v) is 1.66. The van der Waals surface area contributed by atoms with Crippen molar-refractivity contribution in [3.05, 3.63) is 5.89 Å². The molecule has 0 bridgehead atoms. The van der Waals surface area contributed by atoms with Crippen molar-refractivity contribution in [1.82, 2.24) is 15.5 Å². The number of anilines is 1. The monoisotopic (exact) mass is 256 g/mol. The zero-order chi connectivity index (χ0) is 13.4. The smallest absolute Gasteiger partial charge is 0.318 e. The Bertz CT molecular complexity index is 330. The molecule has 0 radical (unpaired) electrons. The van der Waals surface area contributed by atoms with E-state index < -0.39 is 0 Å². The maximum atomic E-state index is 5.64. The summed E-state index contributed by atoms with van der Waals surface area (Å²) in [7, 11) is 1.68. The lowest BCUT2D eigenvalue weighted by Gasteiger charge is -2.24. The summed E-state index contributed by atoms with van der Waals surface area (Å²) in [4.78, 5) is 2.12. The van der Waals surface area contributed by atoms with E-state index >= 15 is 0 Å². The van der Waals surface area contributed by atoms with Crippen LogP contribution in [0.1, 0.15) is 33.1 Å². The van der Waals surface area contributed by atoms with Crippen LogP contribution >= 0.6 is 0 Å². The van der Waals surface area contributed by atoms with Crippen molar-refractivity contribution in [2.24, 2.45) is 0 Å². The predicted molar refractivity (Wildman–Crippen MR) is 70.7 cm³/mol. The molecule has 0 fully saturated rings. The molecule has 6 nitrogen and oxygen atoms in total. The number of nitrogens with zero attached hydrogens (tertiary/aromatic N) is 3. The second-order valence-corrected chi connectivity index (χ2v) is 4.19. The maximum Gasteiger partial charge on any atom is 0.318 e. The van der Waals surface area contributed by atoms with E-state index in [9.17, 15) is 0 Å². The number of rotatable bonds is 9. The zero-order valence-corrected chi connectivity index (χ0v) is 11.8. The van der Waals surface area contributed by atoms with Crippen LogP contribution in [0.15, 0.2) is 4.42 Å². The molecule has 0 aliphatic rings. The molecular formula is C12H24N4O2. The van der Waals surface area contributed by atoms with Gasteiger partial charge in [-0.1, -0.05) is 12.0 Å². The van der Waals surface area contributed by atoms with Gasteiger partial charge in [-0.05, 0) is 20.3 Å². The van der Waals surface area contributed by atoms with E-state index in [1.807, 2.05) is 0 Å². The highest BCUT2D eigenvalue weighted by Crippen LogP contribution is 2.16. The van der Waals surface area contributed by atoms with Gasteiger partial charge in [0.05, 0.1) is 13.2 Å². The first-order valence-electron chi connectivity index (χ1n) is 6.51. The van der Waals surface area contributed by atoms with Gasteiger partial charge in [0.1, 0.15) is 0 Å². The first kappa shape index (κ1) is 14.9. The van der Waals surface area contributed by atoms with Crippen LogP contribution in [-0.2, 0) is 11.3 Å². The van der Waals surface area contributed by atoms with Crippen LogP contribution in [0.4, 0.5) is 6.01 Å². The summed E-state index contributed by atoms with van der Waals surface area (Å²) < 4.78 is 10.6. The molecule has 18 heavy (non-hydrogen) atoms. The van der Waals surface area contributed by atoms with Gasteiger partial charge < -0.3 is 19.4 Å². The molecule has 6 heteroatoms. The van der Waals surface area contributed by atoms with Crippen LogP contribution in [0.3, 0.4) is 0 Å². The highest BCUT2D eigenvalue weighted by Gasteiger charge is 2.17. The van der Waals surface area contributed by atoms with E-state index in [0.717, 1.165) is 19.5 Å². The molecule has 0 saturated carbocycles. The third-order valence-electron chi connectivity index (χ3n) is 2.92. The van der Waals surface area contributed by atoms with Gasteiger partial charge in [0.2, 0.25) is 5.89 Å². The second-order valence-electron chi connectivity index (χ2n) is 4.19. The summed E-state index contributed by atoms with van der Waals surface area (Å²) in [5.41, 5.74) is 0. The number of methoxy groups -OCH3 is 1. The Labute approximate surface area is 109 Å². The van der Waals surface area contributed by atoms with Gasteiger partial charge in [-0.25, -0.2) is 0 Å². The summed E-state index contributed by atoms with van der Waals surface area (Å²) in [6.45, 7) is 9.29. The maximum absolute atomic E-state index is 5.64. The zero-order valence-electron chi connectivity index (χ0n) is 11.8. The minimum atomic E-state index is 0.407. The number of aromatic nitrogens is 2. The minimum Gasteiger partial charge on any atom is -0.407 e. The molecule has 0 saturated heterocycles. The topological polar surface area (TPSA) is 63.4 Å². The standard InChI is InChI=1S/C12H24N4O2/c1-5-10(3)16(6-2)12-15-14-11(18-12)9-13-7-8-17-4/h10,13H,5-9H2,1-4H3. The van der Waals surface area contributed by atoms with Crippen molar-refractivity contribution in [2.45, 2.75) is 39.8 Å². The molecule has 1 aromatic rings. The third-order valence-corrected chi connectivity index (χ3v) is 2.92. The van der Waals surface area contributed by atoms with Crippen LogP contribution in [0.5, 0.6) is 0 Å². The quantitative estimate of drug-likeness (QED) is 0.674. The van der Waals surface area contributed by atoms with E-state index in [2.05, 4.69) is 41.2 Å². The van der Waals surface area contributed by atoms with Crippen LogP contribution in [0, 0.1) is 0 Å². The van der Waals surface area contributed by atoms with Gasteiger partial charge in [-0.15, -0.1) is 5.10 Å². The van der Waals surface area contributed by atoms with E-state index in [4.69, 9.17) is 9.15 Å². The average molecular weight is 256 g/mol. The fraction of sp³-hybridized carbons (Fsp3) is 0.833. The highest BCUT2D eigenvalue weighted by molar-refractivity contribution is 5.25. The molecule has 0 amide bonds. The average Bonchev–Trinajstić information content (AvgIpc) is 2.84. The summed E-state index contributed by atoms with van der Waals surface area (Å²) in [6.07, 6.45) is 1.05. The molecule has 104 valence electrons. The Kier molecular flexibility index (Phi) is 6.67. The predicted octanol–water partition coefficient (Wildman–Crippen LogP) is 1.43. The Balaban J connectivity index is 2.50. The van der Waals surface area contributed by atoms with Crippen LogP contribution in [0.2, 0.25) is 0 Å². The van der Waals surface area contributed by atoms with Gasteiger partial charge in [-0.2, -0.15) is 0 Å². The van der Waals surface area contributed by atoms with Gasteiger partial charge in [0.25, 0.3) is 0 Å². The Morgan fingerprint density at radius 3 is 2.78 bits per heavy atom. The molecule has 1 atom stereocenters. The highest BCUT2D eigenvalue weighted by atomic mass is 16.5. The molecule has 1 N–H and O–H groups in total. The number of hydrogen-bond donors (Lipinski definition) is 1. The number of ether oxygens (including phenoxy) is 1. The van der Waals surface area contributed by atoms with Crippen molar-refractivity contribution in [3.8, 4) is 0 Å². The molecule has 1 aromatic heterocycles. The third kappa shape index (κ3) is 4.27. The first-order chi connectivity index (χ1) is 8.72. The van der Waals surface area contributed by atoms with Crippen molar-refractivity contribution < 1.29 is 9.15 Å². The number of hydrogen-bond acceptors (Lipinski definition) is 6. The lowest BCUT2D eigenvalue weighted by molar-refractivity contribution is 0.198. The molecule has 0 spiro atoms. The molecule has 1 heterocycles. The van der Waals surface area contributed by atoms with E-state index in [-0.39, 0.29) is 0 Å². The van der Waals surface area contributed by atoms with Crippen LogP contribution in [-0.4, -0.2) is 43.0 Å². The van der Waals surface area contributed by atoms with Crippen LogP contribution < -0.4 is 10.2 Å². The minimum absolute atomic E-state index is 0.407. The van der Waals surface area contributed by atoms with Gasteiger partial charge in [0, 0.05) is 26.2 Å². The number of nitrogens with one attached hydrogen (secondary N) is 1. The molecule has 0 aromatic carbocycles. The van der Waals surface area contributed by atoms with Gasteiger partial charge in [-0.3, -0.25) is 0 Å². The van der Waals surface area contributed by atoms with Crippen LogP contribution in [0.25, 0.3) is 0 Å². The molecule has 0 aliphatic heterocycles. The first-order valence-corrected chi connectivity index (χ1v) is 6.51. The fourth-order valence-electron chi connectivity index (χ4n) is 1.66. The van der Waals surface area contributed by atoms with E-state index in [1.54, 1.807) is 7.11 Å². The molecule has 1 rings (SSSR count). The normalized spacial score (nSPS) is 12.7. The lowest BCUT2D eigenvalue weighted by Crippen LogP contribution is -2.32. The Morgan fingerprint density at radius 2 is 2.17 bits per heavy atom. The molecule has 1 unspecified atom stereocenters. The Morgan fingerprint density at radius 1 is 1.39 bits per heavy atom. The Hall–Kier alpha value is -1.14. The van der Waals surface area contributed by atoms with Crippen molar-refractivity contribution in [1.29, 1.82) is 0 Å². The van der Waals surface area contributed by atoms with Crippen molar-refractivity contribution in [3.63, 3.8) is 0 Å². The second kappa shape index (κ2) is 8.05. The summed E-state index contributed by atoms with van der Waals surface area (Å²) in [6, 6.07) is 1.01. The summed E-state index contributed by atoms with van der Waals surface area (Å²) in [5, 5.41) is 11.3. The van der Waals surface area contributed by atoms with Gasteiger partial charge in [0.15, 0.2) is 0 Å². The van der Waals surface area contributed by atoms with E-state index in [0.29, 0.717) is 31.1 Å². The SMILES string of the molecule is CCC(C)N(CC)c1nnc(CNCCOC)o1. The van der Waals surface area contributed by atoms with E-state index in [1.165, 1.54) is 0 Å². The van der Waals surface area contributed by atoms with Crippen molar-refractivity contribution >= 4 is 6.01 Å². The largest absolute Gasteiger partial charge is 0.407 e. The summed E-state index contributed by atoms with van der Waals surface area (Å²) in [5.74, 6) is 0.614. The molecular weight excluding hydrogens is 232 g/mol. The lowest BCUT2D eigenvalue weighted by atomic mass is 10.2. The van der Waals surface area contributed by atoms with Gasteiger partial charge >= 0.3 is 6.01 Å².